The van der Waals surface area contributed by atoms with Gasteiger partial charge >= 0.3 is 5.97 Å². The number of imidazole rings is 1. The molecule has 1 atom stereocenters. The zero-order chi connectivity index (χ0) is 23.9. The standard InChI is InChI=1S/C27H29N3O4/c1-19-11-13-22(14-12-19)33-16-6-15-30(27-28-24-9-3-4-10-25(24)29-27)18-21-7-5-8-23(17-21)34-20(2)26(31)32/h3-5,7-14,17,20H,6,15-16,18H2,1-2H3,(H,28,29)(H,31,32). The molecule has 7 heteroatoms. The molecule has 0 saturated heterocycles. The number of fused-ring (bicyclic) bond motifs is 1. The zero-order valence-corrected chi connectivity index (χ0v) is 19.4. The van der Waals surface area contributed by atoms with Gasteiger partial charge in [0.25, 0.3) is 0 Å². The average molecular weight is 460 g/mol. The van der Waals surface area contributed by atoms with Crippen molar-refractivity contribution in [2.45, 2.75) is 32.9 Å². The van der Waals surface area contributed by atoms with Crippen LogP contribution in [0.4, 0.5) is 5.95 Å². The summed E-state index contributed by atoms with van der Waals surface area (Å²) in [6.45, 7) is 5.46. The van der Waals surface area contributed by atoms with Crippen LogP contribution in [0.3, 0.4) is 0 Å². The van der Waals surface area contributed by atoms with Gasteiger partial charge in [-0.2, -0.15) is 0 Å². The number of nitrogens with one attached hydrogen (secondary N) is 1. The molecule has 0 saturated carbocycles. The SMILES string of the molecule is Cc1ccc(OCCCN(Cc2cccc(OC(C)C(=O)O)c2)c2nc3ccccc3[nH]2)cc1. The monoisotopic (exact) mass is 459 g/mol. The van der Waals surface area contributed by atoms with Crippen molar-refractivity contribution >= 4 is 23.0 Å². The van der Waals surface area contributed by atoms with Gasteiger partial charge in [0, 0.05) is 13.1 Å². The predicted octanol–water partition coefficient (Wildman–Crippen LogP) is 5.20. The lowest BCUT2D eigenvalue weighted by Gasteiger charge is -2.22. The van der Waals surface area contributed by atoms with Crippen molar-refractivity contribution in [1.29, 1.82) is 0 Å². The molecule has 0 aliphatic carbocycles. The lowest BCUT2D eigenvalue weighted by Crippen LogP contribution is -2.26. The summed E-state index contributed by atoms with van der Waals surface area (Å²) in [5.74, 6) is 1.17. The normalized spacial score (nSPS) is 11.8. The maximum atomic E-state index is 11.1. The fraction of sp³-hybridized carbons (Fsp3) is 0.259. The smallest absolute Gasteiger partial charge is 0.344 e. The molecule has 0 amide bonds. The highest BCUT2D eigenvalue weighted by Gasteiger charge is 2.15. The van der Waals surface area contributed by atoms with Crippen LogP contribution < -0.4 is 14.4 Å². The quantitative estimate of drug-likeness (QED) is 0.300. The first kappa shape index (κ1) is 23.2. The molecular weight excluding hydrogens is 430 g/mol. The summed E-state index contributed by atoms with van der Waals surface area (Å²) in [7, 11) is 0. The summed E-state index contributed by atoms with van der Waals surface area (Å²) < 4.78 is 11.5. The van der Waals surface area contributed by atoms with E-state index in [0.29, 0.717) is 18.9 Å². The van der Waals surface area contributed by atoms with Gasteiger partial charge in [0.2, 0.25) is 5.95 Å². The third-order valence-electron chi connectivity index (χ3n) is 5.47. The second-order valence-electron chi connectivity index (χ2n) is 8.26. The minimum Gasteiger partial charge on any atom is -0.494 e. The molecule has 7 nitrogen and oxygen atoms in total. The second kappa shape index (κ2) is 10.7. The Balaban J connectivity index is 1.47. The van der Waals surface area contributed by atoms with E-state index in [0.717, 1.165) is 41.3 Å². The number of benzene rings is 3. The van der Waals surface area contributed by atoms with Crippen LogP contribution in [0, 0.1) is 6.92 Å². The molecule has 0 bridgehead atoms. The summed E-state index contributed by atoms with van der Waals surface area (Å²) in [5.41, 5.74) is 4.08. The van der Waals surface area contributed by atoms with Crippen molar-refractivity contribution in [3.8, 4) is 11.5 Å². The predicted molar refractivity (Wildman–Crippen MR) is 133 cm³/mol. The topological polar surface area (TPSA) is 87.7 Å². The molecule has 3 aromatic carbocycles. The first-order chi connectivity index (χ1) is 16.5. The number of aryl methyl sites for hydroxylation is 1. The molecule has 0 aliphatic rings. The number of aromatic amines is 1. The molecule has 1 heterocycles. The summed E-state index contributed by atoms with van der Waals surface area (Å²) in [6, 6.07) is 23.5. The number of anilines is 1. The van der Waals surface area contributed by atoms with Crippen molar-refractivity contribution < 1.29 is 19.4 Å². The van der Waals surface area contributed by atoms with Crippen LogP contribution in [0.2, 0.25) is 0 Å². The van der Waals surface area contributed by atoms with Gasteiger partial charge in [-0.25, -0.2) is 9.78 Å². The molecular formula is C27H29N3O4. The van der Waals surface area contributed by atoms with Gasteiger partial charge in [-0.05, 0) is 62.2 Å². The molecule has 34 heavy (non-hydrogen) atoms. The first-order valence-electron chi connectivity index (χ1n) is 11.4. The number of ether oxygens (including phenoxy) is 2. The van der Waals surface area contributed by atoms with E-state index < -0.39 is 12.1 Å². The largest absolute Gasteiger partial charge is 0.494 e. The fourth-order valence-electron chi connectivity index (χ4n) is 3.62. The third kappa shape index (κ3) is 6.07. The van der Waals surface area contributed by atoms with Gasteiger partial charge in [0.15, 0.2) is 6.10 Å². The minimum atomic E-state index is -0.997. The summed E-state index contributed by atoms with van der Waals surface area (Å²) in [4.78, 5) is 21.5. The number of aliphatic carboxylic acids is 1. The number of hydrogen-bond donors (Lipinski definition) is 2. The van der Waals surface area contributed by atoms with Gasteiger partial charge in [-0.15, -0.1) is 0 Å². The van der Waals surface area contributed by atoms with Gasteiger partial charge in [-0.3, -0.25) is 0 Å². The van der Waals surface area contributed by atoms with E-state index in [9.17, 15) is 4.79 Å². The number of H-pyrrole nitrogens is 1. The van der Waals surface area contributed by atoms with Crippen molar-refractivity contribution in [2.75, 3.05) is 18.1 Å². The molecule has 0 spiro atoms. The molecule has 176 valence electrons. The van der Waals surface area contributed by atoms with Gasteiger partial charge < -0.3 is 24.5 Å². The molecule has 4 aromatic rings. The van der Waals surface area contributed by atoms with E-state index in [1.54, 1.807) is 6.07 Å². The Morgan fingerprint density at radius 3 is 2.62 bits per heavy atom. The van der Waals surface area contributed by atoms with Crippen LogP contribution in [-0.2, 0) is 11.3 Å². The van der Waals surface area contributed by atoms with E-state index >= 15 is 0 Å². The summed E-state index contributed by atoms with van der Waals surface area (Å²) >= 11 is 0. The third-order valence-corrected chi connectivity index (χ3v) is 5.47. The number of para-hydroxylation sites is 2. The van der Waals surface area contributed by atoms with Crippen molar-refractivity contribution in [2.24, 2.45) is 0 Å². The van der Waals surface area contributed by atoms with Crippen LogP contribution in [0.25, 0.3) is 11.0 Å². The van der Waals surface area contributed by atoms with Crippen LogP contribution in [0.15, 0.2) is 72.8 Å². The van der Waals surface area contributed by atoms with Gasteiger partial charge in [0.05, 0.1) is 17.6 Å². The summed E-state index contributed by atoms with van der Waals surface area (Å²) in [6.07, 6.45) is -0.113. The fourth-order valence-corrected chi connectivity index (χ4v) is 3.62. The van der Waals surface area contributed by atoms with E-state index in [1.807, 2.05) is 66.7 Å². The number of hydrogen-bond acceptors (Lipinski definition) is 5. The Morgan fingerprint density at radius 2 is 1.85 bits per heavy atom. The molecule has 0 aliphatic heterocycles. The van der Waals surface area contributed by atoms with Crippen molar-refractivity contribution in [1.82, 2.24) is 9.97 Å². The number of carboxylic acid groups (broad SMARTS) is 1. The summed E-state index contributed by atoms with van der Waals surface area (Å²) in [5, 5.41) is 9.13. The highest BCUT2D eigenvalue weighted by molar-refractivity contribution is 5.77. The number of carbonyl (C=O) groups is 1. The molecule has 2 N–H and O–H groups in total. The van der Waals surface area contributed by atoms with E-state index in [1.165, 1.54) is 12.5 Å². The van der Waals surface area contributed by atoms with Crippen LogP contribution in [0.5, 0.6) is 11.5 Å². The Bertz CT molecular complexity index is 1200. The highest BCUT2D eigenvalue weighted by atomic mass is 16.5. The van der Waals surface area contributed by atoms with Crippen LogP contribution >= 0.6 is 0 Å². The molecule has 0 fully saturated rings. The second-order valence-corrected chi connectivity index (χ2v) is 8.26. The van der Waals surface area contributed by atoms with Crippen LogP contribution in [0.1, 0.15) is 24.5 Å². The molecule has 0 radical (unpaired) electrons. The van der Waals surface area contributed by atoms with Crippen molar-refractivity contribution in [3.05, 3.63) is 83.9 Å². The van der Waals surface area contributed by atoms with E-state index in [4.69, 9.17) is 19.6 Å². The van der Waals surface area contributed by atoms with Gasteiger partial charge in [0.1, 0.15) is 11.5 Å². The number of aromatic nitrogens is 2. The number of carboxylic acids is 1. The number of rotatable bonds is 11. The Hall–Kier alpha value is -4.00. The van der Waals surface area contributed by atoms with Crippen LogP contribution in [-0.4, -0.2) is 40.3 Å². The molecule has 1 aromatic heterocycles. The number of nitrogens with zero attached hydrogens (tertiary/aromatic N) is 2. The van der Waals surface area contributed by atoms with Gasteiger partial charge in [-0.1, -0.05) is 42.0 Å². The maximum Gasteiger partial charge on any atom is 0.344 e. The first-order valence-corrected chi connectivity index (χ1v) is 11.4. The van der Waals surface area contributed by atoms with E-state index in [2.05, 4.69) is 16.8 Å². The zero-order valence-electron chi connectivity index (χ0n) is 19.4. The average Bonchev–Trinajstić information content (AvgIpc) is 3.26. The minimum absolute atomic E-state index is 0.527. The lowest BCUT2D eigenvalue weighted by atomic mass is 10.2. The molecule has 1 unspecified atom stereocenters. The lowest BCUT2D eigenvalue weighted by molar-refractivity contribution is -0.144. The Labute approximate surface area is 199 Å². The van der Waals surface area contributed by atoms with E-state index in [-0.39, 0.29) is 0 Å². The molecule has 4 rings (SSSR count). The Kier molecular flexibility index (Phi) is 7.32. The highest BCUT2D eigenvalue weighted by Crippen LogP contribution is 2.22. The van der Waals surface area contributed by atoms with Crippen molar-refractivity contribution in [3.63, 3.8) is 0 Å². The maximum absolute atomic E-state index is 11.1. The Morgan fingerprint density at radius 1 is 1.06 bits per heavy atom.